The maximum absolute atomic E-state index is 10.8. The number of nitriles is 2. The van der Waals surface area contributed by atoms with Gasteiger partial charge in [0.2, 0.25) is 5.91 Å². The molecule has 0 fully saturated rings. The zero-order valence-electron chi connectivity index (χ0n) is 7.27. The third-order valence-corrected chi connectivity index (χ3v) is 1.79. The molecule has 0 aliphatic carbocycles. The third kappa shape index (κ3) is 1.88. The normalized spacial score (nSPS) is 11.0. The Labute approximate surface area is 81.2 Å². The van der Waals surface area contributed by atoms with Gasteiger partial charge in [-0.25, -0.2) is 0 Å². The van der Waals surface area contributed by atoms with Gasteiger partial charge in [-0.15, -0.1) is 0 Å². The lowest BCUT2D eigenvalue weighted by Gasteiger charge is -2.03. The van der Waals surface area contributed by atoms with Crippen molar-refractivity contribution in [1.29, 1.82) is 10.5 Å². The predicted octanol–water partition coefficient (Wildman–Crippen LogP) is 0.651. The molecular weight excluding hydrogens is 178 g/mol. The molecule has 0 aliphatic heterocycles. The van der Waals surface area contributed by atoms with Crippen LogP contribution in [0.1, 0.15) is 17.0 Å². The van der Waals surface area contributed by atoms with Crippen LogP contribution >= 0.6 is 0 Å². The Morgan fingerprint density at radius 2 is 1.86 bits per heavy atom. The average Bonchev–Trinajstić information content (AvgIpc) is 2.19. The van der Waals surface area contributed by atoms with E-state index in [0.29, 0.717) is 11.1 Å². The average molecular weight is 185 g/mol. The molecule has 1 rings (SSSR count). The minimum absolute atomic E-state index is 0.481. The molecule has 0 aromatic heterocycles. The lowest BCUT2D eigenvalue weighted by molar-refractivity contribution is -0.118. The molecule has 1 atom stereocenters. The summed E-state index contributed by atoms with van der Waals surface area (Å²) in [4.78, 5) is 10.8. The molecule has 0 unspecified atom stereocenters. The van der Waals surface area contributed by atoms with Crippen molar-refractivity contribution in [1.82, 2.24) is 0 Å². The van der Waals surface area contributed by atoms with Gasteiger partial charge in [0.05, 0.1) is 17.7 Å². The Hall–Kier alpha value is -2.33. The number of amides is 1. The molecule has 0 bridgehead atoms. The molecule has 0 radical (unpaired) electrons. The van der Waals surface area contributed by atoms with Crippen LogP contribution in [0.25, 0.3) is 0 Å². The largest absolute Gasteiger partial charge is 0.368 e. The monoisotopic (exact) mass is 185 g/mol. The second kappa shape index (κ2) is 4.06. The fourth-order valence-corrected chi connectivity index (χ4v) is 1.05. The molecule has 1 aromatic rings. The van der Waals surface area contributed by atoms with E-state index in [1.807, 2.05) is 6.07 Å². The summed E-state index contributed by atoms with van der Waals surface area (Å²) in [6.07, 6.45) is 0. The predicted molar refractivity (Wildman–Crippen MR) is 48.7 cm³/mol. The van der Waals surface area contributed by atoms with E-state index in [2.05, 4.69) is 0 Å². The zero-order valence-corrected chi connectivity index (χ0v) is 7.27. The third-order valence-electron chi connectivity index (χ3n) is 1.79. The molecule has 0 aliphatic rings. The first-order valence-corrected chi connectivity index (χ1v) is 3.88. The molecule has 0 heterocycles. The second-order valence-corrected chi connectivity index (χ2v) is 2.70. The summed E-state index contributed by atoms with van der Waals surface area (Å²) < 4.78 is 0. The van der Waals surface area contributed by atoms with Crippen molar-refractivity contribution in [2.75, 3.05) is 0 Å². The number of primary amides is 1. The molecule has 0 saturated heterocycles. The van der Waals surface area contributed by atoms with Crippen LogP contribution in [0.5, 0.6) is 0 Å². The fraction of sp³-hybridized carbons (Fsp3) is 0.100. The van der Waals surface area contributed by atoms with Crippen molar-refractivity contribution in [2.45, 2.75) is 5.92 Å². The smallest absolute Gasteiger partial charge is 0.239 e. The lowest BCUT2D eigenvalue weighted by Crippen LogP contribution is -2.19. The van der Waals surface area contributed by atoms with E-state index in [9.17, 15) is 4.79 Å². The number of benzene rings is 1. The van der Waals surface area contributed by atoms with Gasteiger partial charge in [0.15, 0.2) is 0 Å². The van der Waals surface area contributed by atoms with Crippen LogP contribution in [0.2, 0.25) is 0 Å². The topological polar surface area (TPSA) is 90.7 Å². The summed E-state index contributed by atoms with van der Waals surface area (Å²) in [6.45, 7) is 0. The number of rotatable bonds is 2. The lowest BCUT2D eigenvalue weighted by atomic mass is 9.99. The van der Waals surface area contributed by atoms with Crippen LogP contribution in [-0.2, 0) is 4.79 Å². The first-order valence-electron chi connectivity index (χ1n) is 3.88. The second-order valence-electron chi connectivity index (χ2n) is 2.70. The number of carbonyl (C=O) groups excluding carboxylic acids is 1. The minimum atomic E-state index is -0.942. The highest BCUT2D eigenvalue weighted by molar-refractivity contribution is 5.84. The van der Waals surface area contributed by atoms with Crippen LogP contribution in [0.15, 0.2) is 24.3 Å². The quantitative estimate of drug-likeness (QED) is 0.733. The van der Waals surface area contributed by atoms with Crippen molar-refractivity contribution in [3.8, 4) is 12.1 Å². The summed E-state index contributed by atoms with van der Waals surface area (Å²) in [7, 11) is 0. The first kappa shape index (κ1) is 9.76. The molecule has 4 nitrogen and oxygen atoms in total. The Bertz CT molecular complexity index is 422. The molecule has 1 amide bonds. The van der Waals surface area contributed by atoms with E-state index in [0.717, 1.165) is 0 Å². The van der Waals surface area contributed by atoms with E-state index in [4.69, 9.17) is 16.3 Å². The number of nitrogens with zero attached hydrogens (tertiary/aromatic N) is 2. The number of hydrogen-bond donors (Lipinski definition) is 1. The molecule has 0 spiro atoms. The van der Waals surface area contributed by atoms with Crippen molar-refractivity contribution >= 4 is 5.91 Å². The summed E-state index contributed by atoms with van der Waals surface area (Å²) in [5.74, 6) is -1.63. The highest BCUT2D eigenvalue weighted by Crippen LogP contribution is 2.14. The van der Waals surface area contributed by atoms with Crippen LogP contribution < -0.4 is 5.73 Å². The van der Waals surface area contributed by atoms with Gasteiger partial charge in [-0.1, -0.05) is 12.1 Å². The van der Waals surface area contributed by atoms with E-state index in [-0.39, 0.29) is 0 Å². The van der Waals surface area contributed by atoms with Crippen LogP contribution in [0.4, 0.5) is 0 Å². The van der Waals surface area contributed by atoms with Crippen LogP contribution in [0.3, 0.4) is 0 Å². The van der Waals surface area contributed by atoms with Gasteiger partial charge >= 0.3 is 0 Å². The maximum Gasteiger partial charge on any atom is 0.239 e. The number of nitrogens with two attached hydrogens (primary N) is 1. The number of carbonyl (C=O) groups is 1. The maximum atomic E-state index is 10.8. The molecule has 4 heteroatoms. The van der Waals surface area contributed by atoms with E-state index >= 15 is 0 Å². The van der Waals surface area contributed by atoms with Crippen molar-refractivity contribution in [2.24, 2.45) is 5.73 Å². The van der Waals surface area contributed by atoms with Gasteiger partial charge in [-0.3, -0.25) is 4.79 Å². The standard InChI is InChI=1S/C10H7N3O/c11-5-7-1-3-8(4-2-7)9(6-12)10(13)14/h1-4,9H,(H2,13,14)/t9-/m1/s1. The molecule has 0 saturated carbocycles. The van der Waals surface area contributed by atoms with Gasteiger partial charge < -0.3 is 5.73 Å². The van der Waals surface area contributed by atoms with Gasteiger partial charge in [0.25, 0.3) is 0 Å². The van der Waals surface area contributed by atoms with Crippen LogP contribution in [-0.4, -0.2) is 5.91 Å². The number of hydrogen-bond acceptors (Lipinski definition) is 3. The Kier molecular flexibility index (Phi) is 2.83. The Morgan fingerprint density at radius 1 is 1.29 bits per heavy atom. The van der Waals surface area contributed by atoms with Gasteiger partial charge in [-0.05, 0) is 17.7 Å². The summed E-state index contributed by atoms with van der Waals surface area (Å²) in [6, 6.07) is 9.93. The van der Waals surface area contributed by atoms with E-state index in [1.54, 1.807) is 30.3 Å². The summed E-state index contributed by atoms with van der Waals surface area (Å²) in [5, 5.41) is 17.2. The van der Waals surface area contributed by atoms with Crippen LogP contribution in [0, 0.1) is 22.7 Å². The van der Waals surface area contributed by atoms with E-state index in [1.165, 1.54) is 0 Å². The van der Waals surface area contributed by atoms with Gasteiger partial charge in [0.1, 0.15) is 5.92 Å². The summed E-state index contributed by atoms with van der Waals surface area (Å²) >= 11 is 0. The van der Waals surface area contributed by atoms with Crippen molar-refractivity contribution in [3.05, 3.63) is 35.4 Å². The highest BCUT2D eigenvalue weighted by Gasteiger charge is 2.16. The zero-order chi connectivity index (χ0) is 10.6. The highest BCUT2D eigenvalue weighted by atomic mass is 16.1. The van der Waals surface area contributed by atoms with Crippen molar-refractivity contribution in [3.63, 3.8) is 0 Å². The minimum Gasteiger partial charge on any atom is -0.368 e. The molecular formula is C10H7N3O. The van der Waals surface area contributed by atoms with E-state index < -0.39 is 11.8 Å². The first-order chi connectivity index (χ1) is 6.69. The molecule has 14 heavy (non-hydrogen) atoms. The Morgan fingerprint density at radius 3 is 2.21 bits per heavy atom. The van der Waals surface area contributed by atoms with Gasteiger partial charge in [-0.2, -0.15) is 10.5 Å². The SMILES string of the molecule is N#Cc1ccc([C@@H](C#N)C(N)=O)cc1. The van der Waals surface area contributed by atoms with Gasteiger partial charge in [0, 0.05) is 0 Å². The Balaban J connectivity index is 3.04. The fourth-order valence-electron chi connectivity index (χ4n) is 1.05. The van der Waals surface area contributed by atoms with Crippen molar-refractivity contribution < 1.29 is 4.79 Å². The molecule has 68 valence electrons. The summed E-state index contributed by atoms with van der Waals surface area (Å²) in [5.41, 5.74) is 6.02. The molecule has 2 N–H and O–H groups in total. The molecule has 1 aromatic carbocycles.